The summed E-state index contributed by atoms with van der Waals surface area (Å²) in [5, 5.41) is 24.8. The number of benzene rings is 2. The third-order valence-corrected chi connectivity index (χ3v) is 8.50. The van der Waals surface area contributed by atoms with E-state index >= 15 is 0 Å². The van der Waals surface area contributed by atoms with Gasteiger partial charge in [-0.15, -0.1) is 10.2 Å². The number of nitrogens with zero attached hydrogens (tertiary/aromatic N) is 5. The van der Waals surface area contributed by atoms with Crippen molar-refractivity contribution < 1.29 is 9.90 Å². The average Bonchev–Trinajstić information content (AvgIpc) is 3.59. The van der Waals surface area contributed by atoms with E-state index in [1.54, 1.807) is 4.68 Å². The molecule has 1 unspecified atom stereocenters. The first-order valence-electron chi connectivity index (χ1n) is 13.9. The van der Waals surface area contributed by atoms with Crippen molar-refractivity contribution in [3.05, 3.63) is 75.7 Å². The fourth-order valence-corrected chi connectivity index (χ4v) is 6.35. The van der Waals surface area contributed by atoms with E-state index in [0.717, 1.165) is 59.3 Å². The highest BCUT2D eigenvalue weighted by Crippen LogP contribution is 2.43. The highest BCUT2D eigenvalue weighted by Gasteiger charge is 2.47. The minimum absolute atomic E-state index is 0.0396. The van der Waals surface area contributed by atoms with E-state index in [1.165, 1.54) is 0 Å². The SMILES string of the molecule is CCCc1c(Cc2ccc(-c3ccccc3-c3nn[nH]n3)cc2)c(=O)n2n1CCCC2C(CC)(CC)C(=O)O. The maximum atomic E-state index is 14.0. The number of carbonyl (C=O) groups is 1. The highest BCUT2D eigenvalue weighted by atomic mass is 16.4. The van der Waals surface area contributed by atoms with Crippen LogP contribution in [0.4, 0.5) is 0 Å². The molecule has 0 saturated heterocycles. The summed E-state index contributed by atoms with van der Waals surface area (Å²) in [6.45, 7) is 6.72. The van der Waals surface area contributed by atoms with Gasteiger partial charge in [0.05, 0.1) is 11.5 Å². The molecular weight excluding hydrogens is 492 g/mol. The maximum Gasteiger partial charge on any atom is 0.311 e. The van der Waals surface area contributed by atoms with Gasteiger partial charge in [-0.2, -0.15) is 5.21 Å². The summed E-state index contributed by atoms with van der Waals surface area (Å²) in [5.41, 5.74) is 4.81. The summed E-state index contributed by atoms with van der Waals surface area (Å²) < 4.78 is 3.91. The van der Waals surface area contributed by atoms with Gasteiger partial charge in [0, 0.05) is 29.8 Å². The molecule has 4 aromatic rings. The van der Waals surface area contributed by atoms with E-state index in [0.29, 0.717) is 31.5 Å². The zero-order valence-corrected chi connectivity index (χ0v) is 22.9. The summed E-state index contributed by atoms with van der Waals surface area (Å²) in [5.74, 6) is -0.272. The van der Waals surface area contributed by atoms with Crippen LogP contribution in [0.2, 0.25) is 0 Å². The van der Waals surface area contributed by atoms with E-state index in [2.05, 4.69) is 56.5 Å². The largest absolute Gasteiger partial charge is 0.481 e. The Bertz CT molecular complexity index is 1500. The molecule has 39 heavy (non-hydrogen) atoms. The van der Waals surface area contributed by atoms with Crippen molar-refractivity contribution in [2.45, 2.75) is 78.3 Å². The first kappa shape index (κ1) is 26.6. The molecule has 0 fully saturated rings. The summed E-state index contributed by atoms with van der Waals surface area (Å²) in [6, 6.07) is 15.8. The number of carboxylic acid groups (broad SMARTS) is 1. The van der Waals surface area contributed by atoms with Crippen LogP contribution in [0.3, 0.4) is 0 Å². The lowest BCUT2D eigenvalue weighted by molar-refractivity contribution is -0.154. The van der Waals surface area contributed by atoms with Crippen LogP contribution in [-0.4, -0.2) is 41.1 Å². The Morgan fingerprint density at radius 1 is 1.08 bits per heavy atom. The quantitative estimate of drug-likeness (QED) is 0.290. The number of nitrogens with one attached hydrogen (secondary N) is 1. The molecule has 1 aliphatic heterocycles. The van der Waals surface area contributed by atoms with Crippen LogP contribution >= 0.6 is 0 Å². The summed E-state index contributed by atoms with van der Waals surface area (Å²) in [4.78, 5) is 26.5. The van der Waals surface area contributed by atoms with Crippen LogP contribution in [0.5, 0.6) is 0 Å². The molecule has 0 aliphatic carbocycles. The van der Waals surface area contributed by atoms with E-state index in [9.17, 15) is 14.7 Å². The molecule has 1 aliphatic rings. The van der Waals surface area contributed by atoms with E-state index in [-0.39, 0.29) is 11.6 Å². The number of fused-ring (bicyclic) bond motifs is 1. The zero-order chi connectivity index (χ0) is 27.6. The predicted molar refractivity (Wildman–Crippen MR) is 149 cm³/mol. The minimum atomic E-state index is -0.950. The van der Waals surface area contributed by atoms with Gasteiger partial charge in [0.15, 0.2) is 0 Å². The molecule has 3 heterocycles. The number of aromatic nitrogens is 6. The van der Waals surface area contributed by atoms with Gasteiger partial charge in [0.2, 0.25) is 5.82 Å². The molecular formula is C30H36N6O3. The van der Waals surface area contributed by atoms with Crippen molar-refractivity contribution in [3.63, 3.8) is 0 Å². The Morgan fingerprint density at radius 2 is 1.79 bits per heavy atom. The smallest absolute Gasteiger partial charge is 0.311 e. The number of aliphatic carboxylic acids is 1. The monoisotopic (exact) mass is 528 g/mol. The lowest BCUT2D eigenvalue weighted by Gasteiger charge is -2.40. The Labute approximate surface area is 227 Å². The van der Waals surface area contributed by atoms with Crippen LogP contribution in [0, 0.1) is 5.41 Å². The van der Waals surface area contributed by atoms with Crippen molar-refractivity contribution >= 4 is 5.97 Å². The Morgan fingerprint density at radius 3 is 2.41 bits per heavy atom. The molecule has 204 valence electrons. The summed E-state index contributed by atoms with van der Waals surface area (Å²) >= 11 is 0. The van der Waals surface area contributed by atoms with Gasteiger partial charge in [-0.05, 0) is 54.0 Å². The standard InChI is InChI=1S/C30H36N6O3/c1-4-10-25-24(28(37)36-26(13-9-18-35(25)36)30(5-2,6-3)29(38)39)19-20-14-16-21(17-15-20)22-11-7-8-12-23(22)27-31-33-34-32-27/h7-8,11-12,14-17,26H,4-6,9-10,13,18-19H2,1-3H3,(H,38,39)(H,31,32,33,34). The van der Waals surface area contributed by atoms with E-state index in [4.69, 9.17) is 0 Å². The van der Waals surface area contributed by atoms with E-state index < -0.39 is 11.4 Å². The third-order valence-electron chi connectivity index (χ3n) is 8.50. The molecule has 2 aromatic carbocycles. The minimum Gasteiger partial charge on any atom is -0.481 e. The van der Waals surface area contributed by atoms with Gasteiger partial charge in [-0.25, -0.2) is 4.68 Å². The fourth-order valence-electron chi connectivity index (χ4n) is 6.35. The van der Waals surface area contributed by atoms with E-state index in [1.807, 2.05) is 38.1 Å². The maximum absolute atomic E-state index is 14.0. The van der Waals surface area contributed by atoms with Crippen LogP contribution in [0.1, 0.15) is 75.7 Å². The van der Waals surface area contributed by atoms with Crippen LogP contribution in [-0.2, 0) is 24.2 Å². The summed E-state index contributed by atoms with van der Waals surface area (Å²) in [6.07, 6.45) is 4.78. The number of carboxylic acids is 1. The second kappa shape index (κ2) is 11.0. The van der Waals surface area contributed by atoms with Crippen LogP contribution in [0.15, 0.2) is 53.3 Å². The predicted octanol–water partition coefficient (Wildman–Crippen LogP) is 5.27. The summed E-state index contributed by atoms with van der Waals surface area (Å²) in [7, 11) is 0. The average molecular weight is 529 g/mol. The number of aromatic amines is 1. The zero-order valence-electron chi connectivity index (χ0n) is 22.9. The molecule has 0 radical (unpaired) electrons. The Hall–Kier alpha value is -4.01. The highest BCUT2D eigenvalue weighted by molar-refractivity contribution is 5.80. The molecule has 5 rings (SSSR count). The number of tetrazole rings is 1. The number of H-pyrrole nitrogens is 1. The topological polar surface area (TPSA) is 119 Å². The third kappa shape index (κ3) is 4.60. The molecule has 9 heteroatoms. The second-order valence-electron chi connectivity index (χ2n) is 10.4. The number of hydrogen-bond donors (Lipinski definition) is 2. The molecule has 0 spiro atoms. The molecule has 0 saturated carbocycles. The van der Waals surface area contributed by atoms with Crippen molar-refractivity contribution in [2.24, 2.45) is 5.41 Å². The van der Waals surface area contributed by atoms with Gasteiger partial charge in [-0.3, -0.25) is 14.3 Å². The normalized spacial score (nSPS) is 15.3. The second-order valence-corrected chi connectivity index (χ2v) is 10.4. The molecule has 9 nitrogen and oxygen atoms in total. The Kier molecular flexibility index (Phi) is 7.50. The molecule has 0 amide bonds. The van der Waals surface area contributed by atoms with Gasteiger partial charge in [0.25, 0.3) is 5.56 Å². The first-order valence-corrected chi connectivity index (χ1v) is 13.9. The fraction of sp³-hybridized carbons (Fsp3) is 0.433. The van der Waals surface area contributed by atoms with Crippen molar-refractivity contribution in [1.82, 2.24) is 30.0 Å². The van der Waals surface area contributed by atoms with Crippen LogP contribution < -0.4 is 5.56 Å². The van der Waals surface area contributed by atoms with Gasteiger partial charge in [0.1, 0.15) is 0 Å². The van der Waals surface area contributed by atoms with Gasteiger partial charge in [-0.1, -0.05) is 75.7 Å². The van der Waals surface area contributed by atoms with Crippen molar-refractivity contribution in [1.29, 1.82) is 0 Å². The number of rotatable bonds is 10. The molecule has 2 N–H and O–H groups in total. The van der Waals surface area contributed by atoms with Crippen LogP contribution in [0.25, 0.3) is 22.5 Å². The molecule has 0 bridgehead atoms. The van der Waals surface area contributed by atoms with Crippen molar-refractivity contribution in [3.8, 4) is 22.5 Å². The first-order chi connectivity index (χ1) is 18.9. The Balaban J connectivity index is 1.52. The number of hydrogen-bond acceptors (Lipinski definition) is 5. The lowest BCUT2D eigenvalue weighted by Crippen LogP contribution is -2.46. The molecule has 2 aromatic heterocycles. The van der Waals surface area contributed by atoms with Gasteiger partial charge >= 0.3 is 5.97 Å². The molecule has 1 atom stereocenters. The van der Waals surface area contributed by atoms with Crippen molar-refractivity contribution in [2.75, 3.05) is 0 Å². The lowest BCUT2D eigenvalue weighted by atomic mass is 9.73. The van der Waals surface area contributed by atoms with Gasteiger partial charge < -0.3 is 5.11 Å².